The van der Waals surface area contributed by atoms with Crippen LogP contribution in [0.15, 0.2) is 0 Å². The minimum Gasteiger partial charge on any atom is -0.396 e. The van der Waals surface area contributed by atoms with Crippen LogP contribution in [0.2, 0.25) is 0 Å². The predicted octanol–water partition coefficient (Wildman–Crippen LogP) is 2.22. The van der Waals surface area contributed by atoms with Gasteiger partial charge in [0.15, 0.2) is 0 Å². The van der Waals surface area contributed by atoms with E-state index < -0.39 is 0 Å². The fourth-order valence-electron chi connectivity index (χ4n) is 1.35. The average molecular weight is 280 g/mol. The van der Waals surface area contributed by atoms with Crippen LogP contribution in [0.1, 0.15) is 46.0 Å². The number of unbranched alkanes of at least 4 members (excludes halogenated alkanes) is 1. The van der Waals surface area contributed by atoms with Crippen LogP contribution in [0.25, 0.3) is 0 Å². The second-order valence-corrected chi connectivity index (χ2v) is 4.88. The molecule has 0 saturated heterocycles. The smallest absolute Gasteiger partial charge is 0.220 e. The molecule has 0 bridgehead atoms. The standard InChI is InChI=1S/C11H22BrNO2/c1-3-11(2,7-9-14)13-10(15)6-4-5-8-12/h14H,3-9H2,1-2H3,(H,13,15). The lowest BCUT2D eigenvalue weighted by molar-refractivity contribution is -0.123. The number of rotatable bonds is 8. The zero-order chi connectivity index (χ0) is 11.7. The highest BCUT2D eigenvalue weighted by atomic mass is 79.9. The third kappa shape index (κ3) is 6.90. The van der Waals surface area contributed by atoms with Gasteiger partial charge in [0.1, 0.15) is 0 Å². The van der Waals surface area contributed by atoms with Crippen LogP contribution in [0.4, 0.5) is 0 Å². The number of alkyl halides is 1. The normalized spacial score (nSPS) is 14.7. The predicted molar refractivity (Wildman–Crippen MR) is 66.2 cm³/mol. The van der Waals surface area contributed by atoms with Crippen molar-refractivity contribution in [1.29, 1.82) is 0 Å². The molecule has 0 saturated carbocycles. The van der Waals surface area contributed by atoms with Crippen molar-refractivity contribution in [3.05, 3.63) is 0 Å². The van der Waals surface area contributed by atoms with Crippen LogP contribution >= 0.6 is 15.9 Å². The van der Waals surface area contributed by atoms with Gasteiger partial charge >= 0.3 is 0 Å². The Morgan fingerprint density at radius 2 is 2.13 bits per heavy atom. The van der Waals surface area contributed by atoms with E-state index in [1.54, 1.807) is 0 Å². The molecule has 3 nitrogen and oxygen atoms in total. The van der Waals surface area contributed by atoms with Crippen LogP contribution < -0.4 is 5.32 Å². The zero-order valence-electron chi connectivity index (χ0n) is 9.68. The number of nitrogens with one attached hydrogen (secondary N) is 1. The Morgan fingerprint density at radius 3 is 2.60 bits per heavy atom. The highest BCUT2D eigenvalue weighted by Crippen LogP contribution is 2.14. The fourth-order valence-corrected chi connectivity index (χ4v) is 1.75. The van der Waals surface area contributed by atoms with Gasteiger partial charge < -0.3 is 10.4 Å². The lowest BCUT2D eigenvalue weighted by atomic mass is 9.94. The van der Waals surface area contributed by atoms with E-state index in [4.69, 9.17) is 5.11 Å². The summed E-state index contributed by atoms with van der Waals surface area (Å²) >= 11 is 3.33. The van der Waals surface area contributed by atoms with E-state index in [0.29, 0.717) is 12.8 Å². The van der Waals surface area contributed by atoms with Gasteiger partial charge in [0, 0.05) is 23.9 Å². The molecular formula is C11H22BrNO2. The number of amides is 1. The first kappa shape index (κ1) is 14.9. The maximum Gasteiger partial charge on any atom is 0.220 e. The Labute approximate surface area is 101 Å². The lowest BCUT2D eigenvalue weighted by Crippen LogP contribution is -2.46. The van der Waals surface area contributed by atoms with Gasteiger partial charge in [-0.05, 0) is 32.6 Å². The molecule has 0 spiro atoms. The highest BCUT2D eigenvalue weighted by molar-refractivity contribution is 9.09. The number of hydrogen-bond acceptors (Lipinski definition) is 2. The van der Waals surface area contributed by atoms with Crippen LogP contribution in [0.5, 0.6) is 0 Å². The van der Waals surface area contributed by atoms with Crippen molar-refractivity contribution in [2.75, 3.05) is 11.9 Å². The summed E-state index contributed by atoms with van der Waals surface area (Å²) in [4.78, 5) is 11.6. The quantitative estimate of drug-likeness (QED) is 0.529. The number of aliphatic hydroxyl groups is 1. The molecule has 0 aromatic heterocycles. The van der Waals surface area contributed by atoms with Crippen molar-refractivity contribution in [3.8, 4) is 0 Å². The molecule has 0 aliphatic carbocycles. The molecule has 0 heterocycles. The molecule has 0 radical (unpaired) electrons. The van der Waals surface area contributed by atoms with E-state index in [9.17, 15) is 4.79 Å². The first-order chi connectivity index (χ1) is 7.08. The van der Waals surface area contributed by atoms with E-state index in [1.165, 1.54) is 0 Å². The van der Waals surface area contributed by atoms with Gasteiger partial charge in [-0.1, -0.05) is 22.9 Å². The van der Waals surface area contributed by atoms with Crippen LogP contribution in [-0.4, -0.2) is 28.5 Å². The van der Waals surface area contributed by atoms with Crippen molar-refractivity contribution >= 4 is 21.8 Å². The molecule has 0 aromatic rings. The lowest BCUT2D eigenvalue weighted by Gasteiger charge is -2.29. The molecule has 1 unspecified atom stereocenters. The second-order valence-electron chi connectivity index (χ2n) is 4.08. The summed E-state index contributed by atoms with van der Waals surface area (Å²) in [5, 5.41) is 12.8. The monoisotopic (exact) mass is 279 g/mol. The summed E-state index contributed by atoms with van der Waals surface area (Å²) in [5.41, 5.74) is -0.250. The molecule has 90 valence electrons. The summed E-state index contributed by atoms with van der Waals surface area (Å²) in [6.45, 7) is 4.12. The maximum atomic E-state index is 11.6. The van der Waals surface area contributed by atoms with Crippen molar-refractivity contribution in [1.82, 2.24) is 5.32 Å². The van der Waals surface area contributed by atoms with E-state index in [-0.39, 0.29) is 18.1 Å². The van der Waals surface area contributed by atoms with Gasteiger partial charge in [0.25, 0.3) is 0 Å². The van der Waals surface area contributed by atoms with E-state index in [0.717, 1.165) is 24.6 Å². The van der Waals surface area contributed by atoms with Crippen molar-refractivity contribution < 1.29 is 9.90 Å². The summed E-state index contributed by atoms with van der Waals surface area (Å²) in [7, 11) is 0. The molecule has 0 fully saturated rings. The molecule has 15 heavy (non-hydrogen) atoms. The molecule has 0 aliphatic rings. The van der Waals surface area contributed by atoms with E-state index in [2.05, 4.69) is 21.2 Å². The molecule has 1 amide bonds. The second kappa shape index (κ2) is 8.11. The van der Waals surface area contributed by atoms with Crippen LogP contribution in [-0.2, 0) is 4.79 Å². The molecule has 4 heteroatoms. The molecule has 0 aliphatic heterocycles. The number of halogens is 1. The molecule has 0 rings (SSSR count). The highest BCUT2D eigenvalue weighted by Gasteiger charge is 2.22. The number of hydrogen-bond donors (Lipinski definition) is 2. The Bertz CT molecular complexity index is 187. The van der Waals surface area contributed by atoms with Crippen LogP contribution in [0.3, 0.4) is 0 Å². The number of aliphatic hydroxyl groups excluding tert-OH is 1. The van der Waals surface area contributed by atoms with Crippen molar-refractivity contribution in [2.45, 2.75) is 51.5 Å². The maximum absolute atomic E-state index is 11.6. The minimum absolute atomic E-state index is 0.0914. The summed E-state index contributed by atoms with van der Waals surface area (Å²) < 4.78 is 0. The van der Waals surface area contributed by atoms with Crippen LogP contribution in [0, 0.1) is 0 Å². The molecule has 2 N–H and O–H groups in total. The van der Waals surface area contributed by atoms with Gasteiger partial charge in [-0.2, -0.15) is 0 Å². The molecular weight excluding hydrogens is 258 g/mol. The van der Waals surface area contributed by atoms with Gasteiger partial charge in [0.05, 0.1) is 0 Å². The molecule has 0 aromatic carbocycles. The Morgan fingerprint density at radius 1 is 1.47 bits per heavy atom. The summed E-state index contributed by atoms with van der Waals surface area (Å²) in [5.74, 6) is 0.0914. The van der Waals surface area contributed by atoms with Gasteiger partial charge in [-0.25, -0.2) is 0 Å². The average Bonchev–Trinajstić information content (AvgIpc) is 2.18. The first-order valence-electron chi connectivity index (χ1n) is 5.56. The minimum atomic E-state index is -0.250. The Balaban J connectivity index is 3.90. The largest absolute Gasteiger partial charge is 0.396 e. The van der Waals surface area contributed by atoms with Gasteiger partial charge in [-0.15, -0.1) is 0 Å². The summed E-state index contributed by atoms with van der Waals surface area (Å²) in [6, 6.07) is 0. The number of carbonyl (C=O) groups is 1. The van der Waals surface area contributed by atoms with Gasteiger partial charge in [0.2, 0.25) is 5.91 Å². The SMILES string of the molecule is CCC(C)(CCO)NC(=O)CCCCBr. The Hall–Kier alpha value is -0.0900. The Kier molecular flexibility index (Phi) is 8.06. The van der Waals surface area contributed by atoms with Crippen molar-refractivity contribution in [3.63, 3.8) is 0 Å². The summed E-state index contributed by atoms with van der Waals surface area (Å²) in [6.07, 6.45) is 3.98. The first-order valence-corrected chi connectivity index (χ1v) is 6.68. The zero-order valence-corrected chi connectivity index (χ0v) is 11.3. The van der Waals surface area contributed by atoms with E-state index >= 15 is 0 Å². The number of carbonyl (C=O) groups excluding carboxylic acids is 1. The van der Waals surface area contributed by atoms with E-state index in [1.807, 2.05) is 13.8 Å². The third-order valence-electron chi connectivity index (χ3n) is 2.67. The van der Waals surface area contributed by atoms with Gasteiger partial charge in [-0.3, -0.25) is 4.79 Å². The fraction of sp³-hybridized carbons (Fsp3) is 0.909. The molecule has 1 atom stereocenters. The third-order valence-corrected chi connectivity index (χ3v) is 3.23. The topological polar surface area (TPSA) is 49.3 Å². The van der Waals surface area contributed by atoms with Crippen molar-refractivity contribution in [2.24, 2.45) is 0 Å².